The lowest BCUT2D eigenvalue weighted by Crippen LogP contribution is -2.59. The fourth-order valence-electron chi connectivity index (χ4n) is 1.90. The molecule has 2 N–H and O–H groups in total. The highest BCUT2D eigenvalue weighted by Crippen LogP contribution is 2.32. The van der Waals surface area contributed by atoms with Crippen LogP contribution in [0.2, 0.25) is 0 Å². The standard InChI is InChI=1S/C12H11Br2NO3/c13-8-4-7(5-9(14)6-8)10(16)15-12(11(17)18)2-1-3-12/h4-6H,1-3H2,(H,15,16)(H,17,18). The van der Waals surface area contributed by atoms with Gasteiger partial charge in [0.1, 0.15) is 5.54 Å². The predicted molar refractivity (Wildman–Crippen MR) is 73.5 cm³/mol. The Balaban J connectivity index is 2.19. The second-order valence-electron chi connectivity index (χ2n) is 4.35. The number of benzene rings is 1. The van der Waals surface area contributed by atoms with E-state index in [-0.39, 0.29) is 5.91 Å². The van der Waals surface area contributed by atoms with Crippen molar-refractivity contribution < 1.29 is 14.7 Å². The van der Waals surface area contributed by atoms with Crippen LogP contribution in [0, 0.1) is 0 Å². The topological polar surface area (TPSA) is 66.4 Å². The highest BCUT2D eigenvalue weighted by Gasteiger charge is 2.45. The monoisotopic (exact) mass is 375 g/mol. The highest BCUT2D eigenvalue weighted by molar-refractivity contribution is 9.11. The molecular weight excluding hydrogens is 366 g/mol. The molecule has 0 atom stereocenters. The van der Waals surface area contributed by atoms with E-state index in [4.69, 9.17) is 5.11 Å². The van der Waals surface area contributed by atoms with Gasteiger partial charge in [-0.3, -0.25) is 4.79 Å². The number of carboxylic acid groups (broad SMARTS) is 1. The van der Waals surface area contributed by atoms with Gasteiger partial charge in [-0.05, 0) is 37.5 Å². The van der Waals surface area contributed by atoms with Gasteiger partial charge in [-0.15, -0.1) is 0 Å². The fourth-order valence-corrected chi connectivity index (χ4v) is 3.19. The molecule has 0 aliphatic heterocycles. The largest absolute Gasteiger partial charge is 0.480 e. The maximum atomic E-state index is 12.0. The van der Waals surface area contributed by atoms with Crippen LogP contribution < -0.4 is 5.32 Å². The third kappa shape index (κ3) is 2.59. The van der Waals surface area contributed by atoms with E-state index in [2.05, 4.69) is 37.2 Å². The van der Waals surface area contributed by atoms with Crippen molar-refractivity contribution in [2.24, 2.45) is 0 Å². The lowest BCUT2D eigenvalue weighted by atomic mass is 9.76. The zero-order chi connectivity index (χ0) is 13.3. The molecule has 1 saturated carbocycles. The number of hydrogen-bond donors (Lipinski definition) is 2. The molecule has 0 spiro atoms. The van der Waals surface area contributed by atoms with Crippen molar-refractivity contribution in [3.63, 3.8) is 0 Å². The number of amides is 1. The molecule has 0 aromatic heterocycles. The summed E-state index contributed by atoms with van der Waals surface area (Å²) in [6.07, 6.45) is 1.81. The van der Waals surface area contributed by atoms with Crippen LogP contribution in [0.4, 0.5) is 0 Å². The first-order valence-electron chi connectivity index (χ1n) is 5.45. The normalized spacial score (nSPS) is 16.8. The summed E-state index contributed by atoms with van der Waals surface area (Å²) in [5.41, 5.74) is -0.643. The molecule has 96 valence electrons. The number of halogens is 2. The Morgan fingerprint density at radius 1 is 1.17 bits per heavy atom. The first-order chi connectivity index (χ1) is 8.43. The van der Waals surface area contributed by atoms with E-state index in [9.17, 15) is 9.59 Å². The quantitative estimate of drug-likeness (QED) is 0.852. The first-order valence-corrected chi connectivity index (χ1v) is 7.03. The minimum Gasteiger partial charge on any atom is -0.480 e. The van der Waals surface area contributed by atoms with Gasteiger partial charge in [0, 0.05) is 14.5 Å². The van der Waals surface area contributed by atoms with Gasteiger partial charge in [-0.2, -0.15) is 0 Å². The molecule has 1 fully saturated rings. The van der Waals surface area contributed by atoms with Gasteiger partial charge in [0.15, 0.2) is 0 Å². The van der Waals surface area contributed by atoms with Crippen LogP contribution in [0.15, 0.2) is 27.1 Å². The summed E-state index contributed by atoms with van der Waals surface area (Å²) >= 11 is 6.59. The number of rotatable bonds is 3. The van der Waals surface area contributed by atoms with Crippen LogP contribution in [0.1, 0.15) is 29.6 Å². The Hall–Kier alpha value is -0.880. The van der Waals surface area contributed by atoms with E-state index in [1.54, 1.807) is 12.1 Å². The number of hydrogen-bond acceptors (Lipinski definition) is 2. The number of aliphatic carboxylic acids is 1. The molecule has 1 aliphatic rings. The molecule has 0 saturated heterocycles. The maximum absolute atomic E-state index is 12.0. The zero-order valence-electron chi connectivity index (χ0n) is 9.37. The average molecular weight is 377 g/mol. The molecule has 4 nitrogen and oxygen atoms in total. The molecule has 6 heteroatoms. The smallest absolute Gasteiger partial charge is 0.329 e. The van der Waals surface area contributed by atoms with Crippen LogP contribution in [0.25, 0.3) is 0 Å². The zero-order valence-corrected chi connectivity index (χ0v) is 12.5. The van der Waals surface area contributed by atoms with Crippen molar-refractivity contribution >= 4 is 43.7 Å². The van der Waals surface area contributed by atoms with Crippen molar-refractivity contribution in [2.75, 3.05) is 0 Å². The Labute approximate surface area is 121 Å². The minimum atomic E-state index is -1.08. The van der Waals surface area contributed by atoms with Crippen LogP contribution in [-0.2, 0) is 4.79 Å². The van der Waals surface area contributed by atoms with Crippen LogP contribution in [-0.4, -0.2) is 22.5 Å². The predicted octanol–water partition coefficient (Wildman–Crippen LogP) is 2.95. The number of carbonyl (C=O) groups excluding carboxylic acids is 1. The third-order valence-electron chi connectivity index (χ3n) is 3.09. The van der Waals surface area contributed by atoms with Gasteiger partial charge in [0.25, 0.3) is 5.91 Å². The van der Waals surface area contributed by atoms with E-state index >= 15 is 0 Å². The van der Waals surface area contributed by atoms with Crippen LogP contribution in [0.5, 0.6) is 0 Å². The summed E-state index contributed by atoms with van der Waals surface area (Å²) in [7, 11) is 0. The molecule has 1 aliphatic carbocycles. The minimum absolute atomic E-state index is 0.362. The number of nitrogens with one attached hydrogen (secondary N) is 1. The first kappa shape index (κ1) is 13.5. The van der Waals surface area contributed by atoms with Gasteiger partial charge in [-0.1, -0.05) is 31.9 Å². The summed E-state index contributed by atoms with van der Waals surface area (Å²) in [5, 5.41) is 11.8. The Morgan fingerprint density at radius 2 is 1.72 bits per heavy atom. The van der Waals surface area contributed by atoms with Crippen molar-refractivity contribution in [3.05, 3.63) is 32.7 Å². The van der Waals surface area contributed by atoms with Crippen molar-refractivity contribution in [1.82, 2.24) is 5.32 Å². The summed E-state index contributed by atoms with van der Waals surface area (Å²) in [4.78, 5) is 23.2. The third-order valence-corrected chi connectivity index (χ3v) is 4.01. The Kier molecular flexibility index (Phi) is 3.77. The SMILES string of the molecule is O=C(NC1(C(=O)O)CCC1)c1cc(Br)cc(Br)c1. The van der Waals surface area contributed by atoms with Crippen LogP contribution in [0.3, 0.4) is 0 Å². The van der Waals surface area contributed by atoms with E-state index in [1.807, 2.05) is 6.07 Å². The Bertz CT molecular complexity index is 492. The van der Waals surface area contributed by atoms with Crippen molar-refractivity contribution in [3.8, 4) is 0 Å². The summed E-state index contributed by atoms with van der Waals surface area (Å²) < 4.78 is 1.53. The summed E-state index contributed by atoms with van der Waals surface area (Å²) in [6, 6.07) is 5.13. The van der Waals surface area contributed by atoms with E-state index < -0.39 is 11.5 Å². The van der Waals surface area contributed by atoms with Crippen LogP contribution >= 0.6 is 31.9 Å². The molecular formula is C12H11Br2NO3. The maximum Gasteiger partial charge on any atom is 0.329 e. The van der Waals surface area contributed by atoms with E-state index in [0.717, 1.165) is 15.4 Å². The van der Waals surface area contributed by atoms with Gasteiger partial charge in [0.2, 0.25) is 0 Å². The fraction of sp³-hybridized carbons (Fsp3) is 0.333. The molecule has 2 rings (SSSR count). The highest BCUT2D eigenvalue weighted by atomic mass is 79.9. The second-order valence-corrected chi connectivity index (χ2v) is 6.18. The lowest BCUT2D eigenvalue weighted by molar-refractivity contribution is -0.148. The molecule has 18 heavy (non-hydrogen) atoms. The molecule has 0 unspecified atom stereocenters. The number of carbonyl (C=O) groups is 2. The van der Waals surface area contributed by atoms with E-state index in [0.29, 0.717) is 18.4 Å². The second kappa shape index (κ2) is 5.01. The molecule has 1 amide bonds. The van der Waals surface area contributed by atoms with Gasteiger partial charge >= 0.3 is 5.97 Å². The molecule has 0 heterocycles. The van der Waals surface area contributed by atoms with Gasteiger partial charge in [0.05, 0.1) is 0 Å². The Morgan fingerprint density at radius 3 is 2.11 bits per heavy atom. The molecule has 0 radical (unpaired) electrons. The average Bonchev–Trinajstić information content (AvgIpc) is 2.21. The number of carboxylic acids is 1. The van der Waals surface area contributed by atoms with Crippen molar-refractivity contribution in [2.45, 2.75) is 24.8 Å². The molecule has 0 bridgehead atoms. The van der Waals surface area contributed by atoms with E-state index in [1.165, 1.54) is 0 Å². The molecule has 1 aromatic carbocycles. The summed E-state index contributed by atoms with van der Waals surface area (Å²) in [6.45, 7) is 0. The molecule has 1 aromatic rings. The summed E-state index contributed by atoms with van der Waals surface area (Å²) in [5.74, 6) is -1.32. The van der Waals surface area contributed by atoms with Gasteiger partial charge < -0.3 is 10.4 Å². The van der Waals surface area contributed by atoms with Crippen molar-refractivity contribution in [1.29, 1.82) is 0 Å². The lowest BCUT2D eigenvalue weighted by Gasteiger charge is -2.38. The van der Waals surface area contributed by atoms with Gasteiger partial charge in [-0.25, -0.2) is 4.79 Å².